The van der Waals surface area contributed by atoms with Gasteiger partial charge in [0, 0.05) is 64.3 Å². The molecule has 2 aromatic carbocycles. The van der Waals surface area contributed by atoms with Gasteiger partial charge in [-0.2, -0.15) is 0 Å². The van der Waals surface area contributed by atoms with Crippen LogP contribution in [0.3, 0.4) is 0 Å². The first kappa shape index (κ1) is 26.7. The fourth-order valence-corrected chi connectivity index (χ4v) is 4.85. The van der Waals surface area contributed by atoms with Crippen molar-refractivity contribution in [3.8, 4) is 0 Å². The summed E-state index contributed by atoms with van der Waals surface area (Å²) in [6.07, 6.45) is 0.780. The maximum Gasteiger partial charge on any atom is 0.254 e. The molecule has 0 bridgehead atoms. The van der Waals surface area contributed by atoms with E-state index in [0.717, 1.165) is 24.3 Å². The van der Waals surface area contributed by atoms with Gasteiger partial charge in [0.05, 0.1) is 17.8 Å². The van der Waals surface area contributed by atoms with Crippen molar-refractivity contribution in [3.63, 3.8) is 0 Å². The third kappa shape index (κ3) is 7.32. The first-order valence-corrected chi connectivity index (χ1v) is 13.2. The van der Waals surface area contributed by atoms with Crippen LogP contribution in [0.2, 0.25) is 0 Å². The molecule has 2 heterocycles. The molecule has 0 radical (unpaired) electrons. The molecule has 2 aliphatic rings. The Morgan fingerprint density at radius 3 is 2.19 bits per heavy atom. The number of piperazine rings is 2. The first-order valence-electron chi connectivity index (χ1n) is 13.2. The zero-order chi connectivity index (χ0) is 26.4. The zero-order valence-electron chi connectivity index (χ0n) is 22.3. The molecule has 2 fully saturated rings. The van der Waals surface area contributed by atoms with Gasteiger partial charge in [0.1, 0.15) is 0 Å². The minimum atomic E-state index is -0.150. The SMILES string of the molecule is CC(C)(C)CC(=O)Nc1cc(C(=O)N2CCNCC2)ccc1N1CCN(C(=O)Cc2ccccc2)CC1. The van der Waals surface area contributed by atoms with Crippen LogP contribution in [0.5, 0.6) is 0 Å². The van der Waals surface area contributed by atoms with Crippen LogP contribution in [0.15, 0.2) is 48.5 Å². The van der Waals surface area contributed by atoms with Gasteiger partial charge in [0.25, 0.3) is 5.91 Å². The van der Waals surface area contributed by atoms with E-state index in [4.69, 9.17) is 0 Å². The minimum Gasteiger partial charge on any atom is -0.366 e. The van der Waals surface area contributed by atoms with Crippen LogP contribution < -0.4 is 15.5 Å². The first-order chi connectivity index (χ1) is 17.7. The third-order valence-electron chi connectivity index (χ3n) is 6.78. The second-order valence-corrected chi connectivity index (χ2v) is 11.1. The zero-order valence-corrected chi connectivity index (χ0v) is 22.3. The van der Waals surface area contributed by atoms with Gasteiger partial charge in [-0.05, 0) is 29.2 Å². The van der Waals surface area contributed by atoms with Gasteiger partial charge in [0.2, 0.25) is 11.8 Å². The Labute approximate surface area is 220 Å². The molecule has 8 heteroatoms. The maximum atomic E-state index is 13.1. The average molecular weight is 506 g/mol. The van der Waals surface area contributed by atoms with Crippen molar-refractivity contribution in [2.45, 2.75) is 33.6 Å². The maximum absolute atomic E-state index is 13.1. The van der Waals surface area contributed by atoms with Gasteiger partial charge < -0.3 is 25.3 Å². The Bertz CT molecular complexity index is 1100. The summed E-state index contributed by atoms with van der Waals surface area (Å²) in [5.41, 5.74) is 2.98. The summed E-state index contributed by atoms with van der Waals surface area (Å²) in [5.74, 6) is 0.0365. The lowest BCUT2D eigenvalue weighted by molar-refractivity contribution is -0.130. The van der Waals surface area contributed by atoms with Crippen molar-refractivity contribution in [2.75, 3.05) is 62.6 Å². The predicted octanol–water partition coefficient (Wildman–Crippen LogP) is 3.00. The normalized spacial score (nSPS) is 16.5. The van der Waals surface area contributed by atoms with E-state index in [-0.39, 0.29) is 23.1 Å². The van der Waals surface area contributed by atoms with Crippen LogP contribution in [-0.2, 0) is 16.0 Å². The highest BCUT2D eigenvalue weighted by atomic mass is 16.2. The number of hydrogen-bond acceptors (Lipinski definition) is 5. The van der Waals surface area contributed by atoms with E-state index in [1.807, 2.05) is 79.1 Å². The van der Waals surface area contributed by atoms with Crippen LogP contribution in [0.25, 0.3) is 0 Å². The molecule has 2 saturated heterocycles. The molecule has 2 aromatic rings. The van der Waals surface area contributed by atoms with Crippen LogP contribution in [0.4, 0.5) is 11.4 Å². The van der Waals surface area contributed by atoms with Gasteiger partial charge in [-0.25, -0.2) is 0 Å². The fraction of sp³-hybridized carbons (Fsp3) is 0.483. The number of hydrogen-bond donors (Lipinski definition) is 2. The number of benzene rings is 2. The second kappa shape index (κ2) is 11.8. The number of anilines is 2. The largest absolute Gasteiger partial charge is 0.366 e. The van der Waals surface area contributed by atoms with Gasteiger partial charge >= 0.3 is 0 Å². The van der Waals surface area contributed by atoms with Crippen LogP contribution >= 0.6 is 0 Å². The number of nitrogens with zero attached hydrogens (tertiary/aromatic N) is 3. The summed E-state index contributed by atoms with van der Waals surface area (Å²) >= 11 is 0. The van der Waals surface area contributed by atoms with Crippen molar-refractivity contribution in [1.82, 2.24) is 15.1 Å². The van der Waals surface area contributed by atoms with Crippen molar-refractivity contribution >= 4 is 29.1 Å². The molecule has 198 valence electrons. The minimum absolute atomic E-state index is 0.0179. The Hall–Kier alpha value is -3.39. The lowest BCUT2D eigenvalue weighted by Gasteiger charge is -2.37. The molecule has 0 aromatic heterocycles. The van der Waals surface area contributed by atoms with Crippen molar-refractivity contribution in [3.05, 3.63) is 59.7 Å². The van der Waals surface area contributed by atoms with Crippen LogP contribution in [-0.4, -0.2) is 79.9 Å². The van der Waals surface area contributed by atoms with E-state index in [1.165, 1.54) is 0 Å². The van der Waals surface area contributed by atoms with Crippen molar-refractivity contribution in [2.24, 2.45) is 5.41 Å². The molecule has 37 heavy (non-hydrogen) atoms. The molecule has 4 rings (SSSR count). The lowest BCUT2D eigenvalue weighted by atomic mass is 9.92. The highest BCUT2D eigenvalue weighted by Gasteiger charge is 2.26. The highest BCUT2D eigenvalue weighted by molar-refractivity contribution is 6.00. The van der Waals surface area contributed by atoms with E-state index in [2.05, 4.69) is 15.5 Å². The number of nitrogens with one attached hydrogen (secondary N) is 2. The Kier molecular flexibility index (Phi) is 8.48. The van der Waals surface area contributed by atoms with Crippen LogP contribution in [0.1, 0.15) is 43.1 Å². The fourth-order valence-electron chi connectivity index (χ4n) is 4.85. The van der Waals surface area contributed by atoms with E-state index in [1.54, 1.807) is 0 Å². The molecule has 3 amide bonds. The van der Waals surface area contributed by atoms with E-state index < -0.39 is 0 Å². The number of carbonyl (C=O) groups excluding carboxylic acids is 3. The highest BCUT2D eigenvalue weighted by Crippen LogP contribution is 2.30. The molecule has 0 aliphatic carbocycles. The lowest BCUT2D eigenvalue weighted by Crippen LogP contribution is -2.49. The van der Waals surface area contributed by atoms with Crippen LogP contribution in [0, 0.1) is 5.41 Å². The smallest absolute Gasteiger partial charge is 0.254 e. The number of amides is 3. The second-order valence-electron chi connectivity index (χ2n) is 11.1. The van der Waals surface area contributed by atoms with Crippen molar-refractivity contribution < 1.29 is 14.4 Å². The van der Waals surface area contributed by atoms with Crippen molar-refractivity contribution in [1.29, 1.82) is 0 Å². The Balaban J connectivity index is 1.48. The standard InChI is InChI=1S/C29H39N5O3/c1-29(2,3)21-26(35)31-24-20-23(28(37)34-13-11-30-12-14-34)9-10-25(24)32-15-17-33(18-16-32)27(36)19-22-7-5-4-6-8-22/h4-10,20,30H,11-19,21H2,1-3H3,(H,31,35). The molecule has 2 aliphatic heterocycles. The number of carbonyl (C=O) groups is 3. The van der Waals surface area contributed by atoms with Gasteiger partial charge in [-0.15, -0.1) is 0 Å². The van der Waals surface area contributed by atoms with Gasteiger partial charge in [0.15, 0.2) is 0 Å². The van der Waals surface area contributed by atoms with Gasteiger partial charge in [-0.3, -0.25) is 14.4 Å². The van der Waals surface area contributed by atoms with E-state index in [9.17, 15) is 14.4 Å². The molecule has 0 saturated carbocycles. The average Bonchev–Trinajstić information content (AvgIpc) is 2.88. The summed E-state index contributed by atoms with van der Waals surface area (Å²) in [7, 11) is 0. The summed E-state index contributed by atoms with van der Waals surface area (Å²) in [4.78, 5) is 44.8. The molecular weight excluding hydrogens is 466 g/mol. The summed E-state index contributed by atoms with van der Waals surface area (Å²) in [6, 6.07) is 15.4. The summed E-state index contributed by atoms with van der Waals surface area (Å²) < 4.78 is 0. The Morgan fingerprint density at radius 2 is 1.54 bits per heavy atom. The molecule has 8 nitrogen and oxygen atoms in total. The topological polar surface area (TPSA) is 85.0 Å². The molecular formula is C29H39N5O3. The quantitative estimate of drug-likeness (QED) is 0.631. The van der Waals surface area contributed by atoms with Gasteiger partial charge in [-0.1, -0.05) is 51.1 Å². The molecule has 0 atom stereocenters. The Morgan fingerprint density at radius 1 is 0.865 bits per heavy atom. The molecule has 0 unspecified atom stereocenters. The number of rotatable bonds is 6. The summed E-state index contributed by atoms with van der Waals surface area (Å²) in [5, 5.41) is 6.36. The molecule has 0 spiro atoms. The van der Waals surface area contributed by atoms with E-state index in [0.29, 0.717) is 63.4 Å². The predicted molar refractivity (Wildman–Crippen MR) is 147 cm³/mol. The monoisotopic (exact) mass is 505 g/mol. The van der Waals surface area contributed by atoms with E-state index >= 15 is 0 Å². The molecule has 2 N–H and O–H groups in total. The summed E-state index contributed by atoms with van der Waals surface area (Å²) in [6.45, 7) is 11.6. The third-order valence-corrected chi connectivity index (χ3v) is 6.78.